The molecule has 0 aromatic heterocycles. The van der Waals surface area contributed by atoms with Gasteiger partial charge in [-0.2, -0.15) is 5.10 Å². The molecule has 0 fully saturated rings. The van der Waals surface area contributed by atoms with Crippen molar-refractivity contribution in [3.05, 3.63) is 59.7 Å². The van der Waals surface area contributed by atoms with Gasteiger partial charge in [0.15, 0.2) is 6.10 Å². The van der Waals surface area contributed by atoms with E-state index in [1.54, 1.807) is 36.4 Å². The van der Waals surface area contributed by atoms with E-state index in [-0.39, 0.29) is 0 Å². The first-order valence-corrected chi connectivity index (χ1v) is 7.60. The Labute approximate surface area is 145 Å². The number of aryl methyl sites for hydroxylation is 1. The highest BCUT2D eigenvalue weighted by Crippen LogP contribution is 2.13. The highest BCUT2D eigenvalue weighted by molar-refractivity contribution is 5.90. The fourth-order valence-electron chi connectivity index (χ4n) is 1.85. The summed E-state index contributed by atoms with van der Waals surface area (Å²) in [6.45, 7) is 3.42. The van der Waals surface area contributed by atoms with Crippen LogP contribution in [0.15, 0.2) is 53.6 Å². The van der Waals surface area contributed by atoms with Crippen LogP contribution in [0, 0.1) is 6.92 Å². The third kappa shape index (κ3) is 5.98. The summed E-state index contributed by atoms with van der Waals surface area (Å²) in [6, 6.07) is 13.6. The predicted octanol–water partition coefficient (Wildman–Crippen LogP) is 3.00. The quantitative estimate of drug-likeness (QED) is 0.555. The van der Waals surface area contributed by atoms with Crippen LogP contribution in [0.5, 0.6) is 5.75 Å². The highest BCUT2D eigenvalue weighted by Gasteiger charge is 2.11. The van der Waals surface area contributed by atoms with E-state index in [1.165, 1.54) is 13.1 Å². The Morgan fingerprint density at radius 1 is 1.12 bits per heavy atom. The number of hydrogen-bond donors (Lipinski definition) is 3. The Balaban J connectivity index is 1.83. The molecule has 2 aromatic carbocycles. The first-order valence-electron chi connectivity index (χ1n) is 7.60. The Bertz CT molecular complexity index is 755. The zero-order valence-electron chi connectivity index (χ0n) is 13.9. The summed E-state index contributed by atoms with van der Waals surface area (Å²) in [6.07, 6.45) is 0.547. The number of hydrazone groups is 1. The number of rotatable bonds is 6. The maximum Gasteiger partial charge on any atom is 0.344 e. The summed E-state index contributed by atoms with van der Waals surface area (Å²) in [4.78, 5) is 22.4. The highest BCUT2D eigenvalue weighted by atomic mass is 16.5. The largest absolute Gasteiger partial charge is 0.479 e. The van der Waals surface area contributed by atoms with Gasteiger partial charge in [0, 0.05) is 5.69 Å². The molecule has 7 heteroatoms. The first kappa shape index (κ1) is 18.0. The maximum atomic E-state index is 11.7. The predicted molar refractivity (Wildman–Crippen MR) is 95.1 cm³/mol. The molecule has 0 radical (unpaired) electrons. The third-order valence-corrected chi connectivity index (χ3v) is 3.23. The molecule has 0 aliphatic heterocycles. The Morgan fingerprint density at radius 3 is 2.36 bits per heavy atom. The number of nitrogens with zero attached hydrogens (tertiary/aromatic N) is 1. The number of carbonyl (C=O) groups excluding carboxylic acids is 1. The molecule has 2 amide bonds. The molecule has 1 atom stereocenters. The lowest BCUT2D eigenvalue weighted by Gasteiger charge is -2.09. The van der Waals surface area contributed by atoms with Gasteiger partial charge in [-0.1, -0.05) is 17.7 Å². The van der Waals surface area contributed by atoms with Gasteiger partial charge < -0.3 is 15.2 Å². The molecule has 130 valence electrons. The van der Waals surface area contributed by atoms with E-state index in [0.717, 1.165) is 11.1 Å². The molecule has 0 heterocycles. The molecule has 2 rings (SSSR count). The minimum atomic E-state index is -1.03. The number of carbonyl (C=O) groups is 2. The van der Waals surface area contributed by atoms with E-state index >= 15 is 0 Å². The summed E-state index contributed by atoms with van der Waals surface area (Å²) in [7, 11) is 0. The number of hydrogen-bond acceptors (Lipinski definition) is 4. The van der Waals surface area contributed by atoms with Crippen LogP contribution in [0.1, 0.15) is 18.1 Å². The van der Waals surface area contributed by atoms with E-state index in [4.69, 9.17) is 9.84 Å². The average molecular weight is 341 g/mol. The molecule has 0 saturated heterocycles. The smallest absolute Gasteiger partial charge is 0.344 e. The number of benzene rings is 2. The maximum absolute atomic E-state index is 11.7. The minimum Gasteiger partial charge on any atom is -0.479 e. The van der Waals surface area contributed by atoms with Crippen LogP contribution in [-0.2, 0) is 4.79 Å². The number of anilines is 1. The van der Waals surface area contributed by atoms with E-state index in [9.17, 15) is 9.59 Å². The van der Waals surface area contributed by atoms with Gasteiger partial charge >= 0.3 is 12.0 Å². The summed E-state index contributed by atoms with van der Waals surface area (Å²) in [5.74, 6) is -0.591. The Morgan fingerprint density at radius 2 is 1.76 bits per heavy atom. The van der Waals surface area contributed by atoms with Gasteiger partial charge in [-0.25, -0.2) is 15.0 Å². The molecule has 0 spiro atoms. The summed E-state index contributed by atoms with van der Waals surface area (Å²) >= 11 is 0. The van der Waals surface area contributed by atoms with E-state index in [2.05, 4.69) is 15.8 Å². The lowest BCUT2D eigenvalue weighted by atomic mass is 10.2. The molecular weight excluding hydrogens is 322 g/mol. The van der Waals surface area contributed by atoms with Crippen molar-refractivity contribution in [2.75, 3.05) is 5.32 Å². The Kier molecular flexibility index (Phi) is 6.11. The van der Waals surface area contributed by atoms with E-state index in [0.29, 0.717) is 11.4 Å². The van der Waals surface area contributed by atoms with Gasteiger partial charge in [0.25, 0.3) is 0 Å². The second-order valence-corrected chi connectivity index (χ2v) is 5.36. The number of amides is 2. The van der Waals surface area contributed by atoms with Crippen LogP contribution >= 0.6 is 0 Å². The number of carboxylic acids is 1. The van der Waals surface area contributed by atoms with Crippen molar-refractivity contribution < 1.29 is 19.4 Å². The normalized spacial score (nSPS) is 11.8. The minimum absolute atomic E-state index is 0.442. The molecule has 0 saturated carbocycles. The van der Waals surface area contributed by atoms with Crippen molar-refractivity contribution in [1.29, 1.82) is 0 Å². The second-order valence-electron chi connectivity index (χ2n) is 5.36. The Hall–Kier alpha value is -3.35. The molecular formula is C18H19N3O4. The molecule has 25 heavy (non-hydrogen) atoms. The van der Waals surface area contributed by atoms with Crippen LogP contribution in [0.25, 0.3) is 0 Å². The summed E-state index contributed by atoms with van der Waals surface area (Å²) < 4.78 is 5.22. The molecule has 0 bridgehead atoms. The number of ether oxygens (including phenoxy) is 1. The summed E-state index contributed by atoms with van der Waals surface area (Å²) in [5.41, 5.74) is 4.87. The summed E-state index contributed by atoms with van der Waals surface area (Å²) in [5, 5.41) is 15.3. The molecule has 0 aliphatic rings. The van der Waals surface area contributed by atoms with Crippen LogP contribution in [-0.4, -0.2) is 29.4 Å². The second kappa shape index (κ2) is 8.49. The van der Waals surface area contributed by atoms with Gasteiger partial charge in [0.05, 0.1) is 6.21 Å². The fourth-order valence-corrected chi connectivity index (χ4v) is 1.85. The lowest BCUT2D eigenvalue weighted by Crippen LogP contribution is -2.24. The van der Waals surface area contributed by atoms with Crippen LogP contribution in [0.4, 0.5) is 10.5 Å². The first-order chi connectivity index (χ1) is 11.9. The van der Waals surface area contributed by atoms with Gasteiger partial charge in [-0.05, 0) is 55.8 Å². The molecule has 3 N–H and O–H groups in total. The van der Waals surface area contributed by atoms with Crippen LogP contribution in [0.2, 0.25) is 0 Å². The van der Waals surface area contributed by atoms with Crippen LogP contribution < -0.4 is 15.5 Å². The van der Waals surface area contributed by atoms with Crippen molar-refractivity contribution in [3.8, 4) is 5.75 Å². The van der Waals surface area contributed by atoms with Crippen molar-refractivity contribution in [2.24, 2.45) is 5.10 Å². The average Bonchev–Trinajstić information content (AvgIpc) is 2.58. The van der Waals surface area contributed by atoms with Crippen LogP contribution in [0.3, 0.4) is 0 Å². The van der Waals surface area contributed by atoms with Gasteiger partial charge in [-0.15, -0.1) is 0 Å². The zero-order valence-corrected chi connectivity index (χ0v) is 13.9. The van der Waals surface area contributed by atoms with Crippen molar-refractivity contribution in [3.63, 3.8) is 0 Å². The van der Waals surface area contributed by atoms with E-state index in [1.807, 2.05) is 19.1 Å². The molecule has 0 aliphatic carbocycles. The number of nitrogens with one attached hydrogen (secondary N) is 2. The fraction of sp³-hybridized carbons (Fsp3) is 0.167. The van der Waals surface area contributed by atoms with Gasteiger partial charge in [0.2, 0.25) is 0 Å². The number of urea groups is 1. The molecule has 7 nitrogen and oxygen atoms in total. The number of carboxylic acid groups (broad SMARTS) is 1. The van der Waals surface area contributed by atoms with Gasteiger partial charge in [0.1, 0.15) is 5.75 Å². The molecule has 2 aromatic rings. The number of aliphatic carboxylic acids is 1. The van der Waals surface area contributed by atoms with Gasteiger partial charge in [-0.3, -0.25) is 0 Å². The van der Waals surface area contributed by atoms with Crippen molar-refractivity contribution in [1.82, 2.24) is 5.43 Å². The topological polar surface area (TPSA) is 100 Å². The SMILES string of the molecule is Cc1ccc(NC(=O)N/N=C/c2ccc(O[C@@H](C)C(=O)O)cc2)cc1. The van der Waals surface area contributed by atoms with Crippen molar-refractivity contribution >= 4 is 23.9 Å². The lowest BCUT2D eigenvalue weighted by molar-refractivity contribution is -0.144. The van der Waals surface area contributed by atoms with Crippen molar-refractivity contribution in [2.45, 2.75) is 20.0 Å². The zero-order chi connectivity index (χ0) is 18.2. The van der Waals surface area contributed by atoms with E-state index < -0.39 is 18.1 Å². The standard InChI is InChI=1S/C18H19N3O4/c1-12-3-7-15(8-4-12)20-18(24)21-19-11-14-5-9-16(10-6-14)25-13(2)17(22)23/h3-11,13H,1-2H3,(H,22,23)(H2,20,21,24)/b19-11+/t13-/m0/s1. The monoisotopic (exact) mass is 341 g/mol. The third-order valence-electron chi connectivity index (χ3n) is 3.23. The molecule has 0 unspecified atom stereocenters.